The summed E-state index contributed by atoms with van der Waals surface area (Å²) < 4.78 is 6.63. The lowest BCUT2D eigenvalue weighted by Crippen LogP contribution is -2.26. The molecule has 1 aliphatic rings. The second-order valence-corrected chi connectivity index (χ2v) is 7.30. The molecule has 128 valence electrons. The predicted molar refractivity (Wildman–Crippen MR) is 96.8 cm³/mol. The van der Waals surface area contributed by atoms with Gasteiger partial charge in [-0.15, -0.1) is 11.3 Å². The summed E-state index contributed by atoms with van der Waals surface area (Å²) in [5.41, 5.74) is 1.92. The van der Waals surface area contributed by atoms with Crippen molar-refractivity contribution < 1.29 is 9.53 Å². The van der Waals surface area contributed by atoms with Crippen molar-refractivity contribution in [3.05, 3.63) is 63.0 Å². The maximum atomic E-state index is 12.8. The van der Waals surface area contributed by atoms with E-state index in [1.54, 1.807) is 11.3 Å². The number of thiophene rings is 1. The molecular weight excluding hydrogens is 336 g/mol. The Morgan fingerprint density at radius 1 is 1.20 bits per heavy atom. The van der Waals surface area contributed by atoms with Crippen LogP contribution in [0, 0.1) is 0 Å². The Balaban J connectivity index is 1.54. The Morgan fingerprint density at radius 3 is 2.84 bits per heavy atom. The molecule has 5 nitrogen and oxygen atoms in total. The Hall–Kier alpha value is -2.47. The van der Waals surface area contributed by atoms with Gasteiger partial charge in [-0.25, -0.2) is 4.98 Å². The number of fused-ring (bicyclic) bond motifs is 3. The topological polar surface area (TPSA) is 61.2 Å². The van der Waals surface area contributed by atoms with Gasteiger partial charge in [-0.1, -0.05) is 30.3 Å². The maximum Gasteiger partial charge on any atom is 0.326 e. The van der Waals surface area contributed by atoms with Crippen molar-refractivity contribution >= 4 is 27.5 Å². The molecule has 0 spiro atoms. The Morgan fingerprint density at radius 2 is 2.00 bits per heavy atom. The normalized spacial score (nSPS) is 13.6. The number of carbonyl (C=O) groups is 1. The summed E-state index contributed by atoms with van der Waals surface area (Å²) in [7, 11) is 0. The molecule has 0 bridgehead atoms. The second-order valence-electron chi connectivity index (χ2n) is 6.21. The molecule has 0 unspecified atom stereocenters. The van der Waals surface area contributed by atoms with Gasteiger partial charge in [0.1, 0.15) is 18.0 Å². The van der Waals surface area contributed by atoms with Gasteiger partial charge in [0.05, 0.1) is 11.7 Å². The summed E-state index contributed by atoms with van der Waals surface area (Å²) in [5.74, 6) is -0.434. The maximum absolute atomic E-state index is 12.8. The summed E-state index contributed by atoms with van der Waals surface area (Å²) in [6.07, 6.45) is 5.67. The third kappa shape index (κ3) is 3.22. The molecule has 1 aromatic carbocycles. The fraction of sp³-hybridized carbons (Fsp3) is 0.316. The molecule has 6 heteroatoms. The van der Waals surface area contributed by atoms with Gasteiger partial charge in [-0.3, -0.25) is 14.2 Å². The van der Waals surface area contributed by atoms with Crippen molar-refractivity contribution in [1.82, 2.24) is 9.55 Å². The van der Waals surface area contributed by atoms with Crippen molar-refractivity contribution in [2.45, 2.75) is 38.8 Å². The van der Waals surface area contributed by atoms with Crippen molar-refractivity contribution in [3.63, 3.8) is 0 Å². The van der Waals surface area contributed by atoms with Crippen LogP contribution in [0.5, 0.6) is 0 Å². The number of hydrogen-bond acceptors (Lipinski definition) is 5. The molecule has 0 amide bonds. The van der Waals surface area contributed by atoms with E-state index in [0.29, 0.717) is 5.39 Å². The minimum atomic E-state index is -0.434. The van der Waals surface area contributed by atoms with E-state index >= 15 is 0 Å². The Labute approximate surface area is 148 Å². The molecule has 0 fully saturated rings. The Bertz CT molecular complexity index is 975. The fourth-order valence-corrected chi connectivity index (χ4v) is 4.44. The minimum absolute atomic E-state index is 0.112. The highest BCUT2D eigenvalue weighted by Gasteiger charge is 2.20. The number of esters is 1. The van der Waals surface area contributed by atoms with Crippen LogP contribution in [-0.2, 0) is 35.5 Å². The monoisotopic (exact) mass is 354 g/mol. The number of rotatable bonds is 4. The second kappa shape index (κ2) is 6.80. The average molecular weight is 354 g/mol. The molecule has 2 heterocycles. The standard InChI is InChI=1S/C19H18N2O3S/c22-16(24-11-13-6-2-1-3-7-13)10-21-12-20-18-17(19(21)23)14-8-4-5-9-15(14)25-18/h1-3,6-7,12H,4-5,8-11H2. The van der Waals surface area contributed by atoms with E-state index in [2.05, 4.69) is 4.98 Å². The molecule has 3 aromatic rings. The van der Waals surface area contributed by atoms with Crippen LogP contribution in [0.25, 0.3) is 10.2 Å². The SMILES string of the molecule is O=C(Cn1cnc2sc3c(c2c1=O)CCCC3)OCc1ccccc1. The lowest BCUT2D eigenvalue weighted by Gasteiger charge is -2.10. The van der Waals surface area contributed by atoms with E-state index in [4.69, 9.17) is 4.74 Å². The molecule has 4 rings (SSSR count). The average Bonchev–Trinajstić information content (AvgIpc) is 3.02. The molecule has 0 saturated carbocycles. The van der Waals surface area contributed by atoms with Gasteiger partial charge >= 0.3 is 5.97 Å². The predicted octanol–water partition coefficient (Wildman–Crippen LogP) is 3.08. The van der Waals surface area contributed by atoms with Gasteiger partial charge in [-0.05, 0) is 36.8 Å². The van der Waals surface area contributed by atoms with Crippen molar-refractivity contribution in [3.8, 4) is 0 Å². The molecule has 1 aliphatic carbocycles. The van der Waals surface area contributed by atoms with Crippen molar-refractivity contribution in [2.24, 2.45) is 0 Å². The summed E-state index contributed by atoms with van der Waals surface area (Å²) in [4.78, 5) is 31.3. The van der Waals surface area contributed by atoms with Gasteiger partial charge in [0.15, 0.2) is 0 Å². The molecule has 25 heavy (non-hydrogen) atoms. The van der Waals surface area contributed by atoms with Crippen molar-refractivity contribution in [2.75, 3.05) is 0 Å². The van der Waals surface area contributed by atoms with Crippen LogP contribution in [0.15, 0.2) is 41.5 Å². The molecule has 0 N–H and O–H groups in total. The summed E-state index contributed by atoms with van der Waals surface area (Å²) in [6.45, 7) is 0.0944. The highest BCUT2D eigenvalue weighted by atomic mass is 32.1. The Kier molecular flexibility index (Phi) is 4.36. The first kappa shape index (κ1) is 16.0. The van der Waals surface area contributed by atoms with E-state index in [0.717, 1.165) is 35.2 Å². The number of aryl methyl sites for hydroxylation is 2. The van der Waals surface area contributed by atoms with E-state index < -0.39 is 5.97 Å². The van der Waals surface area contributed by atoms with Gasteiger partial charge in [0.25, 0.3) is 5.56 Å². The minimum Gasteiger partial charge on any atom is -0.459 e. The zero-order chi connectivity index (χ0) is 17.2. The lowest BCUT2D eigenvalue weighted by atomic mass is 9.97. The number of ether oxygens (including phenoxy) is 1. The molecule has 0 atom stereocenters. The highest BCUT2D eigenvalue weighted by Crippen LogP contribution is 2.33. The third-order valence-corrected chi connectivity index (χ3v) is 5.68. The zero-order valence-electron chi connectivity index (χ0n) is 13.7. The zero-order valence-corrected chi connectivity index (χ0v) is 14.6. The van der Waals surface area contributed by atoms with E-state index in [1.807, 2.05) is 30.3 Å². The lowest BCUT2D eigenvalue weighted by molar-refractivity contribution is -0.145. The van der Waals surface area contributed by atoms with Crippen LogP contribution in [0.3, 0.4) is 0 Å². The van der Waals surface area contributed by atoms with Gasteiger partial charge in [0.2, 0.25) is 0 Å². The summed E-state index contributed by atoms with van der Waals surface area (Å²) in [5, 5.41) is 0.693. The van der Waals surface area contributed by atoms with Crippen LogP contribution < -0.4 is 5.56 Å². The van der Waals surface area contributed by atoms with Gasteiger partial charge < -0.3 is 4.74 Å². The number of benzene rings is 1. The highest BCUT2D eigenvalue weighted by molar-refractivity contribution is 7.18. The van der Waals surface area contributed by atoms with Crippen molar-refractivity contribution in [1.29, 1.82) is 0 Å². The smallest absolute Gasteiger partial charge is 0.326 e. The molecule has 0 radical (unpaired) electrons. The first-order valence-corrected chi connectivity index (χ1v) is 9.23. The van der Waals surface area contributed by atoms with E-state index in [-0.39, 0.29) is 18.7 Å². The van der Waals surface area contributed by atoms with E-state index in [9.17, 15) is 9.59 Å². The number of nitrogens with zero attached hydrogens (tertiary/aromatic N) is 2. The van der Waals surface area contributed by atoms with Crippen LogP contribution in [-0.4, -0.2) is 15.5 Å². The molecule has 0 aliphatic heterocycles. The largest absolute Gasteiger partial charge is 0.459 e. The van der Waals surface area contributed by atoms with Crippen LogP contribution in [0.1, 0.15) is 28.8 Å². The number of hydrogen-bond donors (Lipinski definition) is 0. The first-order valence-electron chi connectivity index (χ1n) is 8.41. The van der Waals surface area contributed by atoms with Crippen LogP contribution in [0.4, 0.5) is 0 Å². The number of carbonyl (C=O) groups excluding carboxylic acids is 1. The first-order chi connectivity index (χ1) is 12.2. The quantitative estimate of drug-likeness (QED) is 0.676. The fourth-order valence-electron chi connectivity index (χ4n) is 3.22. The van der Waals surface area contributed by atoms with E-state index in [1.165, 1.54) is 22.2 Å². The van der Waals surface area contributed by atoms with Crippen LogP contribution in [0.2, 0.25) is 0 Å². The summed E-state index contributed by atoms with van der Waals surface area (Å²) >= 11 is 1.61. The third-order valence-electron chi connectivity index (χ3n) is 4.48. The van der Waals surface area contributed by atoms with Crippen LogP contribution >= 0.6 is 11.3 Å². The van der Waals surface area contributed by atoms with Gasteiger partial charge in [0, 0.05) is 4.88 Å². The van der Waals surface area contributed by atoms with Gasteiger partial charge in [-0.2, -0.15) is 0 Å². The summed E-state index contributed by atoms with van der Waals surface area (Å²) in [6, 6.07) is 9.49. The molecular formula is C19H18N2O3S. The molecule has 2 aromatic heterocycles. The molecule has 0 saturated heterocycles. The number of aromatic nitrogens is 2.